The zero-order valence-corrected chi connectivity index (χ0v) is 14.1. The minimum Gasteiger partial charge on any atom is -0.443 e. The summed E-state index contributed by atoms with van der Waals surface area (Å²) in [5.41, 5.74) is 1.96. The molecule has 0 heterocycles. The SMILES string of the molecule is CC.CCCc1ccccc1C(O)C(C)OC(=O)NC1CC1. The molecule has 22 heavy (non-hydrogen) atoms. The summed E-state index contributed by atoms with van der Waals surface area (Å²) < 4.78 is 5.25. The maximum Gasteiger partial charge on any atom is 0.407 e. The standard InChI is InChI=1S/C16H23NO3.C2H6/c1-3-6-12-7-4-5-8-14(12)15(18)11(2)20-16(19)17-13-9-10-13;1-2/h4-5,7-8,11,13,15,18H,3,6,9-10H2,1-2H3,(H,17,19);1-2H3. The molecule has 1 amide bonds. The summed E-state index contributed by atoms with van der Waals surface area (Å²) in [7, 11) is 0. The van der Waals surface area contributed by atoms with Crippen molar-refractivity contribution in [3.63, 3.8) is 0 Å². The zero-order valence-electron chi connectivity index (χ0n) is 14.1. The van der Waals surface area contributed by atoms with Gasteiger partial charge >= 0.3 is 6.09 Å². The van der Waals surface area contributed by atoms with Gasteiger partial charge in [0.2, 0.25) is 0 Å². The predicted octanol–water partition coefficient (Wildman–Crippen LogP) is 3.98. The lowest BCUT2D eigenvalue weighted by Crippen LogP contribution is -2.32. The first-order valence-electron chi connectivity index (χ1n) is 8.34. The molecule has 2 rings (SSSR count). The molecule has 124 valence electrons. The minimum atomic E-state index is -0.789. The summed E-state index contributed by atoms with van der Waals surface area (Å²) in [6.07, 6.45) is 2.17. The van der Waals surface area contributed by atoms with E-state index in [1.54, 1.807) is 6.92 Å². The molecule has 1 saturated carbocycles. The molecule has 0 bridgehead atoms. The summed E-state index contributed by atoms with van der Waals surface area (Å²) in [6, 6.07) is 8.04. The first kappa shape index (κ1) is 18.5. The van der Waals surface area contributed by atoms with Crippen LogP contribution in [0.15, 0.2) is 24.3 Å². The van der Waals surface area contributed by atoms with Crippen molar-refractivity contribution in [3.8, 4) is 0 Å². The van der Waals surface area contributed by atoms with Crippen LogP contribution in [-0.4, -0.2) is 23.3 Å². The number of aryl methyl sites for hydroxylation is 1. The maximum atomic E-state index is 11.6. The Bertz CT molecular complexity index is 457. The van der Waals surface area contributed by atoms with Gasteiger partial charge in [-0.25, -0.2) is 4.79 Å². The Labute approximate surface area is 133 Å². The number of rotatable bonds is 6. The number of amides is 1. The number of ether oxygens (including phenoxy) is 1. The fourth-order valence-corrected chi connectivity index (χ4v) is 2.23. The van der Waals surface area contributed by atoms with E-state index >= 15 is 0 Å². The number of nitrogens with one attached hydrogen (secondary N) is 1. The lowest BCUT2D eigenvalue weighted by molar-refractivity contribution is 0.0113. The Kier molecular flexibility index (Phi) is 7.96. The molecule has 1 aromatic carbocycles. The highest BCUT2D eigenvalue weighted by Crippen LogP contribution is 2.24. The molecule has 2 unspecified atom stereocenters. The molecule has 1 aliphatic carbocycles. The van der Waals surface area contributed by atoms with Crippen molar-refractivity contribution in [1.29, 1.82) is 0 Å². The highest BCUT2D eigenvalue weighted by atomic mass is 16.6. The lowest BCUT2D eigenvalue weighted by Gasteiger charge is -2.22. The third-order valence-corrected chi connectivity index (χ3v) is 3.53. The van der Waals surface area contributed by atoms with Gasteiger partial charge in [0, 0.05) is 6.04 Å². The molecule has 0 saturated heterocycles. The number of hydrogen-bond acceptors (Lipinski definition) is 3. The Morgan fingerprint density at radius 2 is 2.00 bits per heavy atom. The van der Waals surface area contributed by atoms with Gasteiger partial charge in [-0.1, -0.05) is 51.5 Å². The van der Waals surface area contributed by atoms with E-state index in [4.69, 9.17) is 4.74 Å². The van der Waals surface area contributed by atoms with Crippen molar-refractivity contribution in [2.45, 2.75) is 71.6 Å². The van der Waals surface area contributed by atoms with E-state index in [1.165, 1.54) is 0 Å². The number of carbonyl (C=O) groups is 1. The Hall–Kier alpha value is -1.55. The van der Waals surface area contributed by atoms with Crippen molar-refractivity contribution in [2.24, 2.45) is 0 Å². The van der Waals surface area contributed by atoms with Crippen molar-refractivity contribution in [2.75, 3.05) is 0 Å². The van der Waals surface area contributed by atoms with E-state index in [1.807, 2.05) is 38.1 Å². The minimum absolute atomic E-state index is 0.263. The fraction of sp³-hybridized carbons (Fsp3) is 0.611. The molecule has 1 aromatic rings. The molecular weight excluding hydrogens is 278 g/mol. The van der Waals surface area contributed by atoms with Crippen LogP contribution in [0.25, 0.3) is 0 Å². The third-order valence-electron chi connectivity index (χ3n) is 3.53. The second-order valence-electron chi connectivity index (χ2n) is 5.42. The normalized spacial score (nSPS) is 16.0. The van der Waals surface area contributed by atoms with Crippen molar-refractivity contribution < 1.29 is 14.6 Å². The number of carbonyl (C=O) groups excluding carboxylic acids is 1. The van der Waals surface area contributed by atoms with E-state index in [-0.39, 0.29) is 6.04 Å². The number of alkyl carbamates (subject to hydrolysis) is 1. The van der Waals surface area contributed by atoms with Gasteiger partial charge in [0.05, 0.1) is 0 Å². The molecule has 1 fully saturated rings. The fourth-order valence-electron chi connectivity index (χ4n) is 2.23. The van der Waals surface area contributed by atoms with Crippen LogP contribution in [0.1, 0.15) is 64.2 Å². The van der Waals surface area contributed by atoms with Crippen LogP contribution in [0, 0.1) is 0 Å². The van der Waals surface area contributed by atoms with Gasteiger partial charge in [-0.2, -0.15) is 0 Å². The van der Waals surface area contributed by atoms with Crippen LogP contribution in [0.4, 0.5) is 4.79 Å². The molecule has 2 atom stereocenters. The summed E-state index contributed by atoms with van der Waals surface area (Å²) in [4.78, 5) is 11.6. The summed E-state index contributed by atoms with van der Waals surface area (Å²) in [5.74, 6) is 0. The third kappa shape index (κ3) is 5.68. The Balaban J connectivity index is 0.00000116. The number of hydrogen-bond donors (Lipinski definition) is 2. The number of aliphatic hydroxyl groups is 1. The molecular formula is C18H29NO3. The summed E-state index contributed by atoms with van der Waals surface area (Å²) in [6.45, 7) is 7.83. The summed E-state index contributed by atoms with van der Waals surface area (Å²) >= 11 is 0. The van der Waals surface area contributed by atoms with E-state index in [0.29, 0.717) is 0 Å². The van der Waals surface area contributed by atoms with Gasteiger partial charge in [0.25, 0.3) is 0 Å². The molecule has 0 spiro atoms. The van der Waals surface area contributed by atoms with Crippen LogP contribution < -0.4 is 5.32 Å². The van der Waals surface area contributed by atoms with Crippen molar-refractivity contribution >= 4 is 6.09 Å². The van der Waals surface area contributed by atoms with Crippen LogP contribution in [0.2, 0.25) is 0 Å². The first-order chi connectivity index (χ1) is 10.6. The second kappa shape index (κ2) is 9.46. The molecule has 1 aliphatic rings. The van der Waals surface area contributed by atoms with Gasteiger partial charge in [0.15, 0.2) is 0 Å². The largest absolute Gasteiger partial charge is 0.443 e. The topological polar surface area (TPSA) is 58.6 Å². The van der Waals surface area contributed by atoms with Crippen LogP contribution in [0.5, 0.6) is 0 Å². The highest BCUT2D eigenvalue weighted by molar-refractivity contribution is 5.68. The Morgan fingerprint density at radius 3 is 2.59 bits per heavy atom. The summed E-state index contributed by atoms with van der Waals surface area (Å²) in [5, 5.41) is 13.1. The quantitative estimate of drug-likeness (QED) is 0.836. The van der Waals surface area contributed by atoms with Crippen LogP contribution >= 0.6 is 0 Å². The monoisotopic (exact) mass is 307 g/mol. The maximum absolute atomic E-state index is 11.6. The highest BCUT2D eigenvalue weighted by Gasteiger charge is 2.27. The van der Waals surface area contributed by atoms with Gasteiger partial charge in [-0.3, -0.25) is 0 Å². The molecule has 4 heteroatoms. The van der Waals surface area contributed by atoms with E-state index in [0.717, 1.165) is 36.8 Å². The molecule has 4 nitrogen and oxygen atoms in total. The van der Waals surface area contributed by atoms with E-state index in [2.05, 4.69) is 12.2 Å². The number of aliphatic hydroxyl groups excluding tert-OH is 1. The van der Waals surface area contributed by atoms with Gasteiger partial charge < -0.3 is 15.2 Å². The number of benzene rings is 1. The van der Waals surface area contributed by atoms with Crippen molar-refractivity contribution in [1.82, 2.24) is 5.32 Å². The second-order valence-corrected chi connectivity index (χ2v) is 5.42. The smallest absolute Gasteiger partial charge is 0.407 e. The van der Waals surface area contributed by atoms with E-state index < -0.39 is 18.3 Å². The van der Waals surface area contributed by atoms with Gasteiger partial charge in [-0.15, -0.1) is 0 Å². The zero-order chi connectivity index (χ0) is 16.5. The Morgan fingerprint density at radius 1 is 1.36 bits per heavy atom. The molecule has 0 aromatic heterocycles. The van der Waals surface area contributed by atoms with Crippen LogP contribution in [-0.2, 0) is 11.2 Å². The average Bonchev–Trinajstić information content (AvgIpc) is 3.33. The van der Waals surface area contributed by atoms with E-state index in [9.17, 15) is 9.90 Å². The molecule has 0 radical (unpaired) electrons. The first-order valence-corrected chi connectivity index (χ1v) is 8.34. The average molecular weight is 307 g/mol. The van der Waals surface area contributed by atoms with Gasteiger partial charge in [-0.05, 0) is 37.3 Å². The molecule has 2 N–H and O–H groups in total. The molecule has 0 aliphatic heterocycles. The van der Waals surface area contributed by atoms with Crippen molar-refractivity contribution in [3.05, 3.63) is 35.4 Å². The predicted molar refractivity (Wildman–Crippen MR) is 88.8 cm³/mol. The van der Waals surface area contributed by atoms with Crippen LogP contribution in [0.3, 0.4) is 0 Å². The van der Waals surface area contributed by atoms with Gasteiger partial charge in [0.1, 0.15) is 12.2 Å². The lowest BCUT2D eigenvalue weighted by atomic mass is 9.96.